The molecule has 0 radical (unpaired) electrons. The molecule has 1 aromatic carbocycles. The Morgan fingerprint density at radius 3 is 2.83 bits per heavy atom. The lowest BCUT2D eigenvalue weighted by atomic mass is 10.4. The van der Waals surface area contributed by atoms with Crippen molar-refractivity contribution >= 4 is 27.7 Å². The summed E-state index contributed by atoms with van der Waals surface area (Å²) in [5, 5.41) is 0. The first kappa shape index (κ1) is 9.70. The predicted octanol–water partition coefficient (Wildman–Crippen LogP) is 3.56. The Kier molecular flexibility index (Phi) is 4.27. The third-order valence-corrected chi connectivity index (χ3v) is 3.22. The average molecular weight is 241 g/mol. The number of benzene rings is 1. The lowest BCUT2D eigenvalue weighted by Crippen LogP contribution is -1.75. The summed E-state index contributed by atoms with van der Waals surface area (Å²) < 4.78 is 1.15. The van der Waals surface area contributed by atoms with E-state index in [0.717, 1.165) is 10.2 Å². The van der Waals surface area contributed by atoms with Crippen LogP contribution in [-0.2, 0) is 0 Å². The Balaban J connectivity index is 2.61. The van der Waals surface area contributed by atoms with Gasteiger partial charge >= 0.3 is 0 Å². The standard InChI is InChI=1S/C10H9BrS/c1-2-3-8-12-10-7-5-4-6-9(10)11/h4-7H,8H2,1H3. The SMILES string of the molecule is CC#CCSc1ccccc1Br. The van der Waals surface area contributed by atoms with Crippen LogP contribution in [0.3, 0.4) is 0 Å². The molecule has 0 heterocycles. The highest BCUT2D eigenvalue weighted by atomic mass is 79.9. The molecular formula is C10H9BrS. The fourth-order valence-electron chi connectivity index (χ4n) is 0.748. The topological polar surface area (TPSA) is 0 Å². The molecule has 0 N–H and O–H groups in total. The highest BCUT2D eigenvalue weighted by Gasteiger charge is 1.95. The van der Waals surface area contributed by atoms with Crippen LogP contribution < -0.4 is 0 Å². The van der Waals surface area contributed by atoms with Crippen molar-refractivity contribution in [1.29, 1.82) is 0 Å². The van der Waals surface area contributed by atoms with Crippen molar-refractivity contribution in [1.82, 2.24) is 0 Å². The number of halogens is 1. The van der Waals surface area contributed by atoms with Crippen LogP contribution in [0.4, 0.5) is 0 Å². The molecule has 0 fully saturated rings. The van der Waals surface area contributed by atoms with E-state index in [0.29, 0.717) is 0 Å². The molecule has 0 amide bonds. The Morgan fingerprint density at radius 2 is 2.17 bits per heavy atom. The molecule has 12 heavy (non-hydrogen) atoms. The molecule has 0 aliphatic rings. The molecular weight excluding hydrogens is 232 g/mol. The molecule has 0 saturated carbocycles. The molecule has 0 aliphatic heterocycles. The minimum atomic E-state index is 0.860. The van der Waals surface area contributed by atoms with E-state index in [2.05, 4.69) is 33.8 Å². The molecule has 0 spiro atoms. The van der Waals surface area contributed by atoms with Gasteiger partial charge in [-0.05, 0) is 35.0 Å². The van der Waals surface area contributed by atoms with E-state index in [1.54, 1.807) is 11.8 Å². The molecule has 1 rings (SSSR count). The molecule has 0 unspecified atom stereocenters. The average Bonchev–Trinajstić information content (AvgIpc) is 2.09. The molecule has 0 atom stereocenters. The first-order valence-electron chi connectivity index (χ1n) is 3.61. The molecule has 0 aliphatic carbocycles. The van der Waals surface area contributed by atoms with Crippen LogP contribution in [-0.4, -0.2) is 5.75 Å². The van der Waals surface area contributed by atoms with Crippen LogP contribution in [0, 0.1) is 11.8 Å². The van der Waals surface area contributed by atoms with Crippen LogP contribution >= 0.6 is 27.7 Å². The summed E-state index contributed by atoms with van der Waals surface area (Å²) >= 11 is 5.23. The molecule has 0 aromatic heterocycles. The maximum Gasteiger partial charge on any atom is 0.0595 e. The molecule has 62 valence electrons. The van der Waals surface area contributed by atoms with Gasteiger partial charge in [0.2, 0.25) is 0 Å². The number of thioether (sulfide) groups is 1. The molecule has 0 saturated heterocycles. The summed E-state index contributed by atoms with van der Waals surface area (Å²) in [4.78, 5) is 1.25. The van der Waals surface area contributed by atoms with E-state index in [4.69, 9.17) is 0 Å². The van der Waals surface area contributed by atoms with E-state index in [-0.39, 0.29) is 0 Å². The smallest absolute Gasteiger partial charge is 0.0595 e. The minimum absolute atomic E-state index is 0.860. The van der Waals surface area contributed by atoms with Gasteiger partial charge < -0.3 is 0 Å². The fraction of sp³-hybridized carbons (Fsp3) is 0.200. The second-order valence-corrected chi connectivity index (χ2v) is 4.02. The monoisotopic (exact) mass is 240 g/mol. The third-order valence-electron chi connectivity index (χ3n) is 1.31. The van der Waals surface area contributed by atoms with Gasteiger partial charge in [0, 0.05) is 9.37 Å². The predicted molar refractivity (Wildman–Crippen MR) is 58.3 cm³/mol. The lowest BCUT2D eigenvalue weighted by molar-refractivity contribution is 1.41. The molecule has 0 bridgehead atoms. The zero-order chi connectivity index (χ0) is 8.81. The first-order valence-corrected chi connectivity index (χ1v) is 5.39. The van der Waals surface area contributed by atoms with E-state index < -0.39 is 0 Å². The van der Waals surface area contributed by atoms with E-state index in [9.17, 15) is 0 Å². The summed E-state index contributed by atoms with van der Waals surface area (Å²) in [6, 6.07) is 8.18. The van der Waals surface area contributed by atoms with Gasteiger partial charge in [-0.2, -0.15) is 0 Å². The Bertz CT molecular complexity index is 309. The van der Waals surface area contributed by atoms with Crippen LogP contribution in [0.2, 0.25) is 0 Å². The van der Waals surface area contributed by atoms with Crippen LogP contribution in [0.15, 0.2) is 33.6 Å². The van der Waals surface area contributed by atoms with Crippen molar-refractivity contribution in [2.45, 2.75) is 11.8 Å². The van der Waals surface area contributed by atoms with Crippen LogP contribution in [0.5, 0.6) is 0 Å². The van der Waals surface area contributed by atoms with Crippen molar-refractivity contribution in [3.63, 3.8) is 0 Å². The van der Waals surface area contributed by atoms with Gasteiger partial charge in [-0.15, -0.1) is 17.7 Å². The highest BCUT2D eigenvalue weighted by molar-refractivity contribution is 9.10. The van der Waals surface area contributed by atoms with Gasteiger partial charge in [0.25, 0.3) is 0 Å². The van der Waals surface area contributed by atoms with E-state index >= 15 is 0 Å². The summed E-state index contributed by atoms with van der Waals surface area (Å²) in [5.74, 6) is 6.75. The van der Waals surface area contributed by atoms with Crippen molar-refractivity contribution in [2.75, 3.05) is 5.75 Å². The van der Waals surface area contributed by atoms with Gasteiger partial charge in [-0.25, -0.2) is 0 Å². The van der Waals surface area contributed by atoms with Crippen LogP contribution in [0.25, 0.3) is 0 Å². The summed E-state index contributed by atoms with van der Waals surface area (Å²) in [7, 11) is 0. The Morgan fingerprint density at radius 1 is 1.42 bits per heavy atom. The van der Waals surface area contributed by atoms with Gasteiger partial charge in [0.1, 0.15) is 0 Å². The van der Waals surface area contributed by atoms with Crippen molar-refractivity contribution in [3.8, 4) is 11.8 Å². The summed E-state index contributed by atoms with van der Waals surface area (Å²) in [5.41, 5.74) is 0. The Hall–Kier alpha value is -0.390. The van der Waals surface area contributed by atoms with Crippen molar-refractivity contribution in [3.05, 3.63) is 28.7 Å². The number of hydrogen-bond acceptors (Lipinski definition) is 1. The largest absolute Gasteiger partial charge is 0.112 e. The van der Waals surface area contributed by atoms with Crippen LogP contribution in [0.1, 0.15) is 6.92 Å². The van der Waals surface area contributed by atoms with E-state index in [1.165, 1.54) is 4.90 Å². The van der Waals surface area contributed by atoms with Gasteiger partial charge in [0.15, 0.2) is 0 Å². The maximum absolute atomic E-state index is 3.48. The third kappa shape index (κ3) is 2.92. The highest BCUT2D eigenvalue weighted by Crippen LogP contribution is 2.26. The van der Waals surface area contributed by atoms with Crippen molar-refractivity contribution < 1.29 is 0 Å². The Labute approximate surface area is 85.9 Å². The summed E-state index contributed by atoms with van der Waals surface area (Å²) in [6.45, 7) is 1.86. The second kappa shape index (κ2) is 5.29. The van der Waals surface area contributed by atoms with Gasteiger partial charge in [-0.3, -0.25) is 0 Å². The second-order valence-electron chi connectivity index (χ2n) is 2.15. The quantitative estimate of drug-likeness (QED) is 0.563. The van der Waals surface area contributed by atoms with Gasteiger partial charge in [-0.1, -0.05) is 18.1 Å². The lowest BCUT2D eigenvalue weighted by Gasteiger charge is -1.99. The zero-order valence-electron chi connectivity index (χ0n) is 6.80. The normalized spacial score (nSPS) is 8.83. The zero-order valence-corrected chi connectivity index (χ0v) is 9.21. The fourth-order valence-corrected chi connectivity index (χ4v) is 2.13. The maximum atomic E-state index is 3.48. The minimum Gasteiger partial charge on any atom is -0.112 e. The number of rotatable bonds is 2. The number of hydrogen-bond donors (Lipinski definition) is 0. The molecule has 0 nitrogen and oxygen atoms in total. The summed E-state index contributed by atoms with van der Waals surface area (Å²) in [6.07, 6.45) is 0. The van der Waals surface area contributed by atoms with Gasteiger partial charge in [0.05, 0.1) is 5.75 Å². The molecule has 1 aromatic rings. The molecule has 2 heteroatoms. The first-order chi connectivity index (χ1) is 5.84. The van der Waals surface area contributed by atoms with Crippen molar-refractivity contribution in [2.24, 2.45) is 0 Å². The van der Waals surface area contributed by atoms with E-state index in [1.807, 2.05) is 25.1 Å².